The molecule has 0 aliphatic rings. The van der Waals surface area contributed by atoms with Gasteiger partial charge in [0, 0.05) is 6.54 Å². The minimum absolute atomic E-state index is 0.168. The van der Waals surface area contributed by atoms with E-state index in [2.05, 4.69) is 5.32 Å². The molecular weight excluding hydrogens is 188 g/mol. The van der Waals surface area contributed by atoms with E-state index in [1.165, 1.54) is 13.8 Å². The largest absolute Gasteiger partial charge is 0.381 e. The minimum atomic E-state index is -1.40. The van der Waals surface area contributed by atoms with Crippen molar-refractivity contribution in [2.45, 2.75) is 19.4 Å². The van der Waals surface area contributed by atoms with Crippen molar-refractivity contribution in [2.24, 2.45) is 5.73 Å². The van der Waals surface area contributed by atoms with Gasteiger partial charge in [0.25, 0.3) is 5.91 Å². The van der Waals surface area contributed by atoms with Gasteiger partial charge in [0.2, 0.25) is 5.91 Å². The third-order valence-corrected chi connectivity index (χ3v) is 1.33. The average molecular weight is 204 g/mol. The van der Waals surface area contributed by atoms with E-state index in [9.17, 15) is 14.7 Å². The number of carbonyl (C=O) groups excluding carboxylic acids is 2. The standard InChI is InChI=1S/C8H16N2O4/c1-8(2,13)7(12)10-3-4-14-5-6(9)11/h13H,3-5H2,1-2H3,(H2,9,11)(H,10,12). The Kier molecular flexibility index (Phi) is 5.11. The van der Waals surface area contributed by atoms with Crippen molar-refractivity contribution in [1.29, 1.82) is 0 Å². The molecule has 0 radical (unpaired) electrons. The summed E-state index contributed by atoms with van der Waals surface area (Å²) in [6.07, 6.45) is 0. The van der Waals surface area contributed by atoms with Crippen LogP contribution >= 0.6 is 0 Å². The molecule has 0 aromatic carbocycles. The number of ether oxygens (including phenoxy) is 1. The van der Waals surface area contributed by atoms with Gasteiger partial charge in [0.15, 0.2) is 0 Å². The first-order chi connectivity index (χ1) is 6.34. The number of nitrogens with two attached hydrogens (primary N) is 1. The predicted octanol–water partition coefficient (Wildman–Crippen LogP) is -1.62. The van der Waals surface area contributed by atoms with E-state index >= 15 is 0 Å². The van der Waals surface area contributed by atoms with Crippen LogP contribution < -0.4 is 11.1 Å². The van der Waals surface area contributed by atoms with E-state index < -0.39 is 17.4 Å². The maximum absolute atomic E-state index is 11.1. The Morgan fingerprint density at radius 3 is 2.50 bits per heavy atom. The van der Waals surface area contributed by atoms with E-state index in [0.717, 1.165) is 0 Å². The molecule has 0 spiro atoms. The third kappa shape index (κ3) is 6.38. The maximum Gasteiger partial charge on any atom is 0.251 e. The van der Waals surface area contributed by atoms with Gasteiger partial charge in [-0.1, -0.05) is 0 Å². The van der Waals surface area contributed by atoms with Crippen LogP contribution in [0.1, 0.15) is 13.8 Å². The van der Waals surface area contributed by atoms with Crippen molar-refractivity contribution in [3.8, 4) is 0 Å². The molecular formula is C8H16N2O4. The Morgan fingerprint density at radius 1 is 1.50 bits per heavy atom. The van der Waals surface area contributed by atoms with Gasteiger partial charge in [-0.25, -0.2) is 0 Å². The summed E-state index contributed by atoms with van der Waals surface area (Å²) in [6.45, 7) is 3.01. The summed E-state index contributed by atoms with van der Waals surface area (Å²) in [5, 5.41) is 11.6. The van der Waals surface area contributed by atoms with Crippen molar-refractivity contribution >= 4 is 11.8 Å². The van der Waals surface area contributed by atoms with Gasteiger partial charge in [-0.3, -0.25) is 9.59 Å². The van der Waals surface area contributed by atoms with Crippen LogP contribution in [0.5, 0.6) is 0 Å². The van der Waals surface area contributed by atoms with Crippen LogP contribution in [0.3, 0.4) is 0 Å². The number of primary amides is 1. The summed E-state index contributed by atoms with van der Waals surface area (Å²) in [4.78, 5) is 21.3. The zero-order chi connectivity index (χ0) is 11.2. The molecule has 0 saturated carbocycles. The van der Waals surface area contributed by atoms with E-state index in [0.29, 0.717) is 0 Å². The van der Waals surface area contributed by atoms with Gasteiger partial charge in [-0.2, -0.15) is 0 Å². The summed E-state index contributed by atoms with van der Waals surface area (Å²) in [5.74, 6) is -1.04. The first-order valence-electron chi connectivity index (χ1n) is 4.20. The Hall–Kier alpha value is -1.14. The number of carbonyl (C=O) groups is 2. The fraction of sp³-hybridized carbons (Fsp3) is 0.750. The molecule has 6 nitrogen and oxygen atoms in total. The summed E-state index contributed by atoms with van der Waals surface area (Å²) < 4.78 is 4.79. The number of hydrogen-bond donors (Lipinski definition) is 3. The van der Waals surface area contributed by atoms with E-state index in [-0.39, 0.29) is 19.8 Å². The highest BCUT2D eigenvalue weighted by molar-refractivity contribution is 5.83. The molecule has 0 bridgehead atoms. The lowest BCUT2D eigenvalue weighted by molar-refractivity contribution is -0.136. The van der Waals surface area contributed by atoms with Gasteiger partial charge in [-0.15, -0.1) is 0 Å². The van der Waals surface area contributed by atoms with Crippen molar-refractivity contribution < 1.29 is 19.4 Å². The van der Waals surface area contributed by atoms with E-state index in [1.807, 2.05) is 0 Å². The first-order valence-corrected chi connectivity index (χ1v) is 4.20. The SMILES string of the molecule is CC(C)(O)C(=O)NCCOCC(N)=O. The maximum atomic E-state index is 11.1. The number of amides is 2. The molecule has 0 fully saturated rings. The van der Waals surface area contributed by atoms with Crippen molar-refractivity contribution in [1.82, 2.24) is 5.32 Å². The molecule has 0 unspecified atom stereocenters. The van der Waals surface area contributed by atoms with Gasteiger partial charge < -0.3 is 20.9 Å². The molecule has 0 aromatic heterocycles. The van der Waals surface area contributed by atoms with Gasteiger partial charge in [0.1, 0.15) is 12.2 Å². The second-order valence-electron chi connectivity index (χ2n) is 3.33. The lowest BCUT2D eigenvalue weighted by Gasteiger charge is -2.16. The summed E-state index contributed by atoms with van der Waals surface area (Å²) >= 11 is 0. The summed E-state index contributed by atoms with van der Waals surface area (Å²) in [5.41, 5.74) is 3.41. The van der Waals surface area contributed by atoms with Crippen LogP contribution in [-0.4, -0.2) is 42.3 Å². The molecule has 6 heteroatoms. The molecule has 4 N–H and O–H groups in total. The average Bonchev–Trinajstić information content (AvgIpc) is 2.01. The number of rotatable bonds is 6. The Bertz CT molecular complexity index is 210. The van der Waals surface area contributed by atoms with Crippen LogP contribution in [0.15, 0.2) is 0 Å². The van der Waals surface area contributed by atoms with Crippen LogP contribution in [0.25, 0.3) is 0 Å². The first kappa shape index (κ1) is 12.9. The third-order valence-electron chi connectivity index (χ3n) is 1.33. The van der Waals surface area contributed by atoms with E-state index in [1.54, 1.807) is 0 Å². The van der Waals surface area contributed by atoms with Crippen LogP contribution in [-0.2, 0) is 14.3 Å². The molecule has 0 aliphatic heterocycles. The molecule has 14 heavy (non-hydrogen) atoms. The van der Waals surface area contributed by atoms with Gasteiger partial charge in [0.05, 0.1) is 6.61 Å². The lowest BCUT2D eigenvalue weighted by atomic mass is 10.1. The molecule has 82 valence electrons. The topological polar surface area (TPSA) is 102 Å². The van der Waals surface area contributed by atoms with E-state index in [4.69, 9.17) is 10.5 Å². The predicted molar refractivity (Wildman–Crippen MR) is 49.3 cm³/mol. The zero-order valence-corrected chi connectivity index (χ0v) is 8.37. The minimum Gasteiger partial charge on any atom is -0.381 e. The van der Waals surface area contributed by atoms with Crippen molar-refractivity contribution in [3.63, 3.8) is 0 Å². The normalized spacial score (nSPS) is 11.1. The summed E-state index contributed by atoms with van der Waals surface area (Å²) in [7, 11) is 0. The lowest BCUT2D eigenvalue weighted by Crippen LogP contribution is -2.43. The Balaban J connectivity index is 3.46. The quantitative estimate of drug-likeness (QED) is 0.452. The fourth-order valence-electron chi connectivity index (χ4n) is 0.626. The van der Waals surface area contributed by atoms with Gasteiger partial charge in [-0.05, 0) is 13.8 Å². The highest BCUT2D eigenvalue weighted by Gasteiger charge is 2.22. The molecule has 0 heterocycles. The summed E-state index contributed by atoms with van der Waals surface area (Å²) in [6, 6.07) is 0. The number of aliphatic hydroxyl groups is 1. The van der Waals surface area contributed by atoms with Crippen molar-refractivity contribution in [2.75, 3.05) is 19.8 Å². The molecule has 0 aromatic rings. The number of nitrogens with one attached hydrogen (secondary N) is 1. The second kappa shape index (κ2) is 5.56. The Morgan fingerprint density at radius 2 is 2.07 bits per heavy atom. The monoisotopic (exact) mass is 204 g/mol. The molecule has 0 atom stereocenters. The van der Waals surface area contributed by atoms with Crippen LogP contribution in [0, 0.1) is 0 Å². The molecule has 0 rings (SSSR count). The molecule has 2 amide bonds. The second-order valence-corrected chi connectivity index (χ2v) is 3.33. The van der Waals surface area contributed by atoms with Crippen LogP contribution in [0.2, 0.25) is 0 Å². The fourth-order valence-corrected chi connectivity index (χ4v) is 0.626. The zero-order valence-electron chi connectivity index (χ0n) is 8.37. The van der Waals surface area contributed by atoms with Crippen molar-refractivity contribution in [3.05, 3.63) is 0 Å². The smallest absolute Gasteiger partial charge is 0.251 e. The Labute approximate surface area is 82.4 Å². The molecule has 0 saturated heterocycles. The number of hydrogen-bond acceptors (Lipinski definition) is 4. The highest BCUT2D eigenvalue weighted by Crippen LogP contribution is 1.98. The van der Waals surface area contributed by atoms with Gasteiger partial charge >= 0.3 is 0 Å². The highest BCUT2D eigenvalue weighted by atomic mass is 16.5. The molecule has 0 aliphatic carbocycles. The van der Waals surface area contributed by atoms with Crippen LogP contribution in [0.4, 0.5) is 0 Å².